The van der Waals surface area contributed by atoms with Gasteiger partial charge in [-0.05, 0) is 35.4 Å². The smallest absolute Gasteiger partial charge is 0.159 e. The van der Waals surface area contributed by atoms with Crippen LogP contribution in [0.15, 0.2) is 42.5 Å². The zero-order chi connectivity index (χ0) is 13.1. The average Bonchev–Trinajstić information content (AvgIpc) is 2.32. The molecule has 0 fully saturated rings. The molecule has 18 heavy (non-hydrogen) atoms. The van der Waals surface area contributed by atoms with E-state index >= 15 is 0 Å². The van der Waals surface area contributed by atoms with Crippen molar-refractivity contribution in [1.29, 1.82) is 0 Å². The minimum Gasteiger partial charge on any atom is -0.388 e. The summed E-state index contributed by atoms with van der Waals surface area (Å²) in [4.78, 5) is 0. The highest BCUT2D eigenvalue weighted by Crippen LogP contribution is 2.20. The SMILES string of the molecule is OC(Cc1cccc(F)c1)c1ccc(F)c(F)c1. The Hall–Kier alpha value is -1.81. The number of aliphatic hydroxyl groups excluding tert-OH is 1. The van der Waals surface area contributed by atoms with Crippen LogP contribution in [0.5, 0.6) is 0 Å². The van der Waals surface area contributed by atoms with E-state index in [1.165, 1.54) is 24.3 Å². The van der Waals surface area contributed by atoms with Crippen molar-refractivity contribution in [2.75, 3.05) is 0 Å². The quantitative estimate of drug-likeness (QED) is 0.887. The standard InChI is InChI=1S/C14H11F3O/c15-11-3-1-2-9(6-11)7-14(18)10-4-5-12(16)13(17)8-10/h1-6,8,14,18H,7H2. The average molecular weight is 252 g/mol. The molecule has 1 N–H and O–H groups in total. The Balaban J connectivity index is 2.16. The summed E-state index contributed by atoms with van der Waals surface area (Å²) in [6.45, 7) is 0. The molecule has 0 saturated heterocycles. The Morgan fingerprint density at radius 3 is 2.39 bits per heavy atom. The Kier molecular flexibility index (Phi) is 3.67. The first-order valence-electron chi connectivity index (χ1n) is 5.44. The second-order valence-corrected chi connectivity index (χ2v) is 4.02. The lowest BCUT2D eigenvalue weighted by Crippen LogP contribution is -2.03. The fourth-order valence-corrected chi connectivity index (χ4v) is 1.72. The summed E-state index contributed by atoms with van der Waals surface area (Å²) >= 11 is 0. The zero-order valence-corrected chi connectivity index (χ0v) is 9.41. The number of halogens is 3. The van der Waals surface area contributed by atoms with Crippen LogP contribution < -0.4 is 0 Å². The molecule has 0 amide bonds. The first-order chi connectivity index (χ1) is 8.56. The Morgan fingerprint density at radius 2 is 1.72 bits per heavy atom. The predicted molar refractivity (Wildman–Crippen MR) is 61.4 cm³/mol. The third-order valence-corrected chi connectivity index (χ3v) is 2.65. The Bertz CT molecular complexity index is 554. The molecule has 2 rings (SSSR count). The van der Waals surface area contributed by atoms with E-state index in [0.29, 0.717) is 5.56 Å². The van der Waals surface area contributed by atoms with Crippen LogP contribution in [-0.4, -0.2) is 5.11 Å². The van der Waals surface area contributed by atoms with Crippen molar-refractivity contribution in [1.82, 2.24) is 0 Å². The van der Waals surface area contributed by atoms with Crippen molar-refractivity contribution in [3.05, 3.63) is 71.0 Å². The largest absolute Gasteiger partial charge is 0.388 e. The van der Waals surface area contributed by atoms with Crippen molar-refractivity contribution >= 4 is 0 Å². The van der Waals surface area contributed by atoms with Gasteiger partial charge in [0, 0.05) is 6.42 Å². The van der Waals surface area contributed by atoms with Gasteiger partial charge in [0.2, 0.25) is 0 Å². The minimum atomic E-state index is -1.01. The van der Waals surface area contributed by atoms with Crippen LogP contribution in [0.3, 0.4) is 0 Å². The lowest BCUT2D eigenvalue weighted by molar-refractivity contribution is 0.177. The van der Waals surface area contributed by atoms with Gasteiger partial charge in [0.05, 0.1) is 6.10 Å². The van der Waals surface area contributed by atoms with E-state index in [9.17, 15) is 18.3 Å². The van der Waals surface area contributed by atoms with Crippen molar-refractivity contribution in [2.24, 2.45) is 0 Å². The molecule has 0 heterocycles. The van der Waals surface area contributed by atoms with E-state index in [1.807, 2.05) is 0 Å². The van der Waals surface area contributed by atoms with Crippen LogP contribution in [0.25, 0.3) is 0 Å². The van der Waals surface area contributed by atoms with Crippen molar-refractivity contribution in [2.45, 2.75) is 12.5 Å². The molecule has 2 aromatic rings. The van der Waals surface area contributed by atoms with Crippen LogP contribution in [-0.2, 0) is 6.42 Å². The molecule has 1 nitrogen and oxygen atoms in total. The lowest BCUT2D eigenvalue weighted by atomic mass is 10.0. The normalized spacial score (nSPS) is 12.4. The molecule has 1 unspecified atom stereocenters. The lowest BCUT2D eigenvalue weighted by Gasteiger charge is -2.11. The molecular weight excluding hydrogens is 241 g/mol. The van der Waals surface area contributed by atoms with Crippen molar-refractivity contribution < 1.29 is 18.3 Å². The fourth-order valence-electron chi connectivity index (χ4n) is 1.72. The maximum atomic E-state index is 13.0. The van der Waals surface area contributed by atoms with E-state index in [1.54, 1.807) is 6.07 Å². The summed E-state index contributed by atoms with van der Waals surface area (Å²) in [5.74, 6) is -2.37. The van der Waals surface area contributed by atoms with Gasteiger partial charge in [0.25, 0.3) is 0 Å². The highest BCUT2D eigenvalue weighted by atomic mass is 19.2. The Labute approximate surface area is 103 Å². The summed E-state index contributed by atoms with van der Waals surface area (Å²) in [6.07, 6.45) is -0.857. The van der Waals surface area contributed by atoms with Crippen LogP contribution in [0.4, 0.5) is 13.2 Å². The van der Waals surface area contributed by atoms with E-state index in [2.05, 4.69) is 0 Å². The van der Waals surface area contributed by atoms with Gasteiger partial charge >= 0.3 is 0 Å². The third-order valence-electron chi connectivity index (χ3n) is 2.65. The van der Waals surface area contributed by atoms with Crippen LogP contribution in [0, 0.1) is 17.5 Å². The van der Waals surface area contributed by atoms with Crippen LogP contribution in [0.2, 0.25) is 0 Å². The summed E-state index contributed by atoms with van der Waals surface area (Å²) < 4.78 is 38.7. The molecule has 0 aliphatic rings. The summed E-state index contributed by atoms with van der Waals surface area (Å²) in [5.41, 5.74) is 0.852. The van der Waals surface area contributed by atoms with Crippen molar-refractivity contribution in [3.8, 4) is 0 Å². The van der Waals surface area contributed by atoms with Gasteiger partial charge in [-0.15, -0.1) is 0 Å². The number of hydrogen-bond donors (Lipinski definition) is 1. The second kappa shape index (κ2) is 5.23. The molecule has 2 aromatic carbocycles. The minimum absolute atomic E-state index is 0.142. The Morgan fingerprint density at radius 1 is 0.944 bits per heavy atom. The fraction of sp³-hybridized carbons (Fsp3) is 0.143. The molecule has 4 heteroatoms. The summed E-state index contributed by atoms with van der Waals surface area (Å²) in [6, 6.07) is 8.99. The number of aliphatic hydroxyl groups is 1. The molecule has 94 valence electrons. The number of hydrogen-bond acceptors (Lipinski definition) is 1. The first-order valence-corrected chi connectivity index (χ1v) is 5.44. The molecule has 0 aliphatic heterocycles. The summed E-state index contributed by atoms with van der Waals surface area (Å²) in [7, 11) is 0. The van der Waals surface area contributed by atoms with Gasteiger partial charge in [0.1, 0.15) is 5.82 Å². The van der Waals surface area contributed by atoms with Gasteiger partial charge in [-0.2, -0.15) is 0 Å². The first kappa shape index (κ1) is 12.6. The topological polar surface area (TPSA) is 20.2 Å². The van der Waals surface area contributed by atoms with Crippen molar-refractivity contribution in [3.63, 3.8) is 0 Å². The van der Waals surface area contributed by atoms with Crippen LogP contribution >= 0.6 is 0 Å². The molecular formula is C14H11F3O. The van der Waals surface area contributed by atoms with Gasteiger partial charge in [-0.25, -0.2) is 13.2 Å². The van der Waals surface area contributed by atoms with Crippen LogP contribution in [0.1, 0.15) is 17.2 Å². The predicted octanol–water partition coefficient (Wildman–Crippen LogP) is 3.38. The highest BCUT2D eigenvalue weighted by molar-refractivity contribution is 5.24. The maximum absolute atomic E-state index is 13.0. The molecule has 0 aromatic heterocycles. The van der Waals surface area contributed by atoms with E-state index in [0.717, 1.165) is 12.1 Å². The maximum Gasteiger partial charge on any atom is 0.159 e. The monoisotopic (exact) mass is 252 g/mol. The number of rotatable bonds is 3. The second-order valence-electron chi connectivity index (χ2n) is 4.02. The molecule has 0 spiro atoms. The van der Waals surface area contributed by atoms with Gasteiger partial charge in [0.15, 0.2) is 11.6 Å². The molecule has 0 saturated carbocycles. The van der Waals surface area contributed by atoms with E-state index in [-0.39, 0.29) is 12.0 Å². The molecule has 1 atom stereocenters. The third kappa shape index (κ3) is 2.90. The van der Waals surface area contributed by atoms with Gasteiger partial charge in [-0.1, -0.05) is 18.2 Å². The molecule has 0 aliphatic carbocycles. The molecule has 0 bridgehead atoms. The molecule has 0 radical (unpaired) electrons. The highest BCUT2D eigenvalue weighted by Gasteiger charge is 2.11. The number of benzene rings is 2. The zero-order valence-electron chi connectivity index (χ0n) is 9.41. The summed E-state index contributed by atoms with van der Waals surface area (Å²) in [5, 5.41) is 9.87. The van der Waals surface area contributed by atoms with E-state index < -0.39 is 23.6 Å². The van der Waals surface area contributed by atoms with E-state index in [4.69, 9.17) is 0 Å². The van der Waals surface area contributed by atoms with Gasteiger partial charge < -0.3 is 5.11 Å². The van der Waals surface area contributed by atoms with Gasteiger partial charge in [-0.3, -0.25) is 0 Å².